The van der Waals surface area contributed by atoms with Gasteiger partial charge in [-0.2, -0.15) is 5.26 Å². The second kappa shape index (κ2) is 8.73. The van der Waals surface area contributed by atoms with Crippen LogP contribution in [0.1, 0.15) is 59.8 Å². The fourth-order valence-electron chi connectivity index (χ4n) is 2.36. The second-order valence-electron chi connectivity index (χ2n) is 4.09. The highest BCUT2D eigenvalue weighted by atomic mass is 15.2. The van der Waals surface area contributed by atoms with Gasteiger partial charge in [-0.3, -0.25) is 4.90 Å². The highest BCUT2D eigenvalue weighted by Gasteiger charge is 2.21. The predicted molar refractivity (Wildman–Crippen MR) is 65.7 cm³/mol. The molecule has 0 aromatic heterocycles. The molecule has 0 saturated carbocycles. The van der Waals surface area contributed by atoms with Crippen molar-refractivity contribution in [1.29, 1.82) is 5.26 Å². The molecule has 0 bridgehead atoms. The van der Waals surface area contributed by atoms with Crippen LogP contribution >= 0.6 is 0 Å². The molecular formula is C13H26N2. The summed E-state index contributed by atoms with van der Waals surface area (Å²) < 4.78 is 0. The Morgan fingerprint density at radius 1 is 0.933 bits per heavy atom. The number of nitrogens with zero attached hydrogens (tertiary/aromatic N) is 2. The monoisotopic (exact) mass is 210 g/mol. The smallest absolute Gasteiger partial charge is 0.0635 e. The first-order chi connectivity index (χ1) is 7.24. The molecule has 0 aliphatic heterocycles. The summed E-state index contributed by atoms with van der Waals surface area (Å²) in [6, 6.07) is 3.57. The van der Waals surface area contributed by atoms with Crippen LogP contribution in [0.4, 0.5) is 0 Å². The Hall–Kier alpha value is -0.550. The van der Waals surface area contributed by atoms with Crippen LogP contribution in [0.15, 0.2) is 0 Å². The molecule has 0 rings (SSSR count). The van der Waals surface area contributed by atoms with Gasteiger partial charge in [0.15, 0.2) is 0 Å². The van der Waals surface area contributed by atoms with Gasteiger partial charge >= 0.3 is 0 Å². The fraction of sp³-hybridized carbons (Fsp3) is 0.923. The molecular weight excluding hydrogens is 184 g/mol. The zero-order chi connectivity index (χ0) is 11.7. The van der Waals surface area contributed by atoms with E-state index in [-0.39, 0.29) is 0 Å². The highest BCUT2D eigenvalue weighted by Crippen LogP contribution is 2.17. The third-order valence-electron chi connectivity index (χ3n) is 3.30. The molecule has 88 valence electrons. The molecule has 0 amide bonds. The molecule has 0 aliphatic rings. The summed E-state index contributed by atoms with van der Waals surface area (Å²) in [5.74, 6) is 0. The first kappa shape index (κ1) is 14.5. The van der Waals surface area contributed by atoms with Crippen LogP contribution in [0.5, 0.6) is 0 Å². The van der Waals surface area contributed by atoms with Crippen molar-refractivity contribution in [2.45, 2.75) is 71.9 Å². The third kappa shape index (κ3) is 4.66. The third-order valence-corrected chi connectivity index (χ3v) is 3.30. The first-order valence-electron chi connectivity index (χ1n) is 6.37. The van der Waals surface area contributed by atoms with Gasteiger partial charge in [-0.05, 0) is 25.7 Å². The first-order valence-corrected chi connectivity index (χ1v) is 6.37. The molecule has 0 aromatic carbocycles. The highest BCUT2D eigenvalue weighted by molar-refractivity contribution is 4.80. The van der Waals surface area contributed by atoms with Gasteiger partial charge in [-0.1, -0.05) is 27.7 Å². The van der Waals surface area contributed by atoms with E-state index in [9.17, 15) is 0 Å². The van der Waals surface area contributed by atoms with Gasteiger partial charge in [-0.15, -0.1) is 0 Å². The van der Waals surface area contributed by atoms with Gasteiger partial charge < -0.3 is 0 Å². The van der Waals surface area contributed by atoms with Gasteiger partial charge in [-0.25, -0.2) is 0 Å². The summed E-state index contributed by atoms with van der Waals surface area (Å²) in [6.45, 7) is 9.92. The zero-order valence-electron chi connectivity index (χ0n) is 10.8. The van der Waals surface area contributed by atoms with Crippen LogP contribution in [0.25, 0.3) is 0 Å². The largest absolute Gasteiger partial charge is 0.296 e. The van der Waals surface area contributed by atoms with E-state index in [1.54, 1.807) is 0 Å². The van der Waals surface area contributed by atoms with E-state index in [4.69, 9.17) is 5.26 Å². The van der Waals surface area contributed by atoms with E-state index in [1.807, 2.05) is 0 Å². The Morgan fingerprint density at radius 3 is 1.60 bits per heavy atom. The van der Waals surface area contributed by atoms with E-state index in [1.165, 1.54) is 25.7 Å². The molecule has 0 heterocycles. The topological polar surface area (TPSA) is 27.0 Å². The maximum atomic E-state index is 8.69. The van der Waals surface area contributed by atoms with Crippen LogP contribution in [0.2, 0.25) is 0 Å². The van der Waals surface area contributed by atoms with E-state index in [0.29, 0.717) is 18.5 Å². The lowest BCUT2D eigenvalue weighted by atomic mass is 10.0. The number of hydrogen-bond donors (Lipinski definition) is 0. The van der Waals surface area contributed by atoms with Gasteiger partial charge in [0.25, 0.3) is 0 Å². The van der Waals surface area contributed by atoms with Crippen LogP contribution in [-0.2, 0) is 0 Å². The molecule has 2 nitrogen and oxygen atoms in total. The van der Waals surface area contributed by atoms with Crippen LogP contribution < -0.4 is 0 Å². The maximum absolute atomic E-state index is 8.69. The average molecular weight is 210 g/mol. The molecule has 15 heavy (non-hydrogen) atoms. The summed E-state index contributed by atoms with van der Waals surface area (Å²) in [5.41, 5.74) is 0. The molecule has 0 spiro atoms. The Bertz CT molecular complexity index is 163. The van der Waals surface area contributed by atoms with Crippen molar-refractivity contribution in [3.8, 4) is 6.07 Å². The Kier molecular flexibility index (Phi) is 8.41. The minimum atomic E-state index is 0.656. The van der Waals surface area contributed by atoms with Gasteiger partial charge in [0.2, 0.25) is 0 Å². The Morgan fingerprint density at radius 2 is 1.33 bits per heavy atom. The summed E-state index contributed by atoms with van der Waals surface area (Å²) >= 11 is 0. The number of rotatable bonds is 8. The van der Waals surface area contributed by atoms with Gasteiger partial charge in [0, 0.05) is 25.0 Å². The summed E-state index contributed by atoms with van der Waals surface area (Å²) in [7, 11) is 0. The molecule has 0 aliphatic carbocycles. The van der Waals surface area contributed by atoms with Crippen molar-refractivity contribution in [3.05, 3.63) is 0 Å². The molecule has 0 unspecified atom stereocenters. The normalized spacial score (nSPS) is 11.3. The van der Waals surface area contributed by atoms with Crippen molar-refractivity contribution in [1.82, 2.24) is 4.90 Å². The van der Waals surface area contributed by atoms with Gasteiger partial charge in [0.1, 0.15) is 0 Å². The van der Waals surface area contributed by atoms with Crippen LogP contribution in [-0.4, -0.2) is 23.5 Å². The minimum Gasteiger partial charge on any atom is -0.296 e. The maximum Gasteiger partial charge on any atom is 0.0635 e. The fourth-order valence-corrected chi connectivity index (χ4v) is 2.36. The molecule has 0 atom stereocenters. The van der Waals surface area contributed by atoms with E-state index >= 15 is 0 Å². The molecule has 0 aromatic rings. The van der Waals surface area contributed by atoms with Gasteiger partial charge in [0.05, 0.1) is 6.07 Å². The lowest BCUT2D eigenvalue weighted by molar-refractivity contribution is 0.121. The lowest BCUT2D eigenvalue weighted by Crippen LogP contribution is -2.42. The van der Waals surface area contributed by atoms with Crippen molar-refractivity contribution in [3.63, 3.8) is 0 Å². The summed E-state index contributed by atoms with van der Waals surface area (Å²) in [6.07, 6.45) is 5.43. The van der Waals surface area contributed by atoms with E-state index in [2.05, 4.69) is 38.7 Å². The number of nitriles is 1. The van der Waals surface area contributed by atoms with Crippen molar-refractivity contribution < 1.29 is 0 Å². The average Bonchev–Trinajstić information content (AvgIpc) is 2.28. The minimum absolute atomic E-state index is 0.656. The quantitative estimate of drug-likeness (QED) is 0.612. The van der Waals surface area contributed by atoms with Crippen molar-refractivity contribution in [2.24, 2.45) is 0 Å². The van der Waals surface area contributed by atoms with E-state index in [0.717, 1.165) is 6.54 Å². The Balaban J connectivity index is 4.46. The molecule has 0 saturated heterocycles. The number of hydrogen-bond acceptors (Lipinski definition) is 2. The van der Waals surface area contributed by atoms with Crippen LogP contribution in [0, 0.1) is 11.3 Å². The van der Waals surface area contributed by atoms with Crippen molar-refractivity contribution >= 4 is 0 Å². The summed E-state index contributed by atoms with van der Waals surface area (Å²) in [5, 5.41) is 8.69. The molecule has 0 N–H and O–H groups in total. The van der Waals surface area contributed by atoms with Crippen LogP contribution in [0.3, 0.4) is 0 Å². The standard InChI is InChI=1S/C13H26N2/c1-5-12(6-2)15(11-9-10-14)13(7-3)8-4/h12-13H,5-9,11H2,1-4H3. The molecule has 0 radical (unpaired) electrons. The van der Waals surface area contributed by atoms with E-state index < -0.39 is 0 Å². The Labute approximate surface area is 95.3 Å². The lowest BCUT2D eigenvalue weighted by Gasteiger charge is -2.36. The second-order valence-corrected chi connectivity index (χ2v) is 4.09. The van der Waals surface area contributed by atoms with Crippen molar-refractivity contribution in [2.75, 3.05) is 6.54 Å². The predicted octanol–water partition coefficient (Wildman–Crippen LogP) is 3.58. The summed E-state index contributed by atoms with van der Waals surface area (Å²) in [4.78, 5) is 2.54. The molecule has 0 fully saturated rings. The molecule has 2 heteroatoms. The SMILES string of the molecule is CCC(CC)N(CCC#N)C(CC)CC. The zero-order valence-corrected chi connectivity index (χ0v) is 10.8.